The van der Waals surface area contributed by atoms with Crippen LogP contribution in [0.5, 0.6) is 0 Å². The van der Waals surface area contributed by atoms with Crippen molar-refractivity contribution < 1.29 is 18.0 Å². The molecule has 220 valence electrons. The number of hydrogen-bond donors (Lipinski definition) is 1. The van der Waals surface area contributed by atoms with E-state index in [-0.39, 0.29) is 18.9 Å². The summed E-state index contributed by atoms with van der Waals surface area (Å²) >= 11 is 12.6. The van der Waals surface area contributed by atoms with Crippen molar-refractivity contribution in [2.75, 3.05) is 17.1 Å². The molecule has 0 bridgehead atoms. The zero-order valence-electron chi connectivity index (χ0n) is 24.2. The van der Waals surface area contributed by atoms with Gasteiger partial charge < -0.3 is 10.2 Å². The number of amides is 2. The predicted molar refractivity (Wildman–Crippen MR) is 167 cm³/mol. The molecule has 41 heavy (non-hydrogen) atoms. The van der Waals surface area contributed by atoms with Crippen LogP contribution in [-0.2, 0) is 32.6 Å². The van der Waals surface area contributed by atoms with Gasteiger partial charge in [-0.1, -0.05) is 65.7 Å². The van der Waals surface area contributed by atoms with Crippen molar-refractivity contribution in [2.24, 2.45) is 0 Å². The first-order valence-corrected chi connectivity index (χ1v) is 15.8. The second kappa shape index (κ2) is 13.3. The Morgan fingerprint density at radius 1 is 0.927 bits per heavy atom. The fraction of sp³-hybridized carbons (Fsp3) is 0.355. The van der Waals surface area contributed by atoms with Crippen molar-refractivity contribution in [1.29, 1.82) is 0 Å². The molecule has 0 fully saturated rings. The number of carbonyl (C=O) groups excluding carboxylic acids is 2. The minimum Gasteiger partial charge on any atom is -0.350 e. The van der Waals surface area contributed by atoms with E-state index in [9.17, 15) is 18.0 Å². The Bertz CT molecular complexity index is 1490. The van der Waals surface area contributed by atoms with Crippen molar-refractivity contribution in [1.82, 2.24) is 10.2 Å². The van der Waals surface area contributed by atoms with Crippen LogP contribution in [0.2, 0.25) is 10.0 Å². The number of carbonyl (C=O) groups is 2. The van der Waals surface area contributed by atoms with Crippen molar-refractivity contribution >= 4 is 50.7 Å². The van der Waals surface area contributed by atoms with E-state index in [0.29, 0.717) is 21.3 Å². The predicted octanol–water partition coefficient (Wildman–Crippen LogP) is 5.93. The van der Waals surface area contributed by atoms with E-state index in [1.54, 1.807) is 30.3 Å². The Labute approximate surface area is 253 Å². The molecule has 0 aliphatic rings. The van der Waals surface area contributed by atoms with Crippen LogP contribution in [0, 0.1) is 13.8 Å². The van der Waals surface area contributed by atoms with Gasteiger partial charge in [-0.25, -0.2) is 8.42 Å². The van der Waals surface area contributed by atoms with Crippen molar-refractivity contribution in [2.45, 2.75) is 59.2 Å². The molecule has 0 spiro atoms. The van der Waals surface area contributed by atoms with Gasteiger partial charge in [-0.2, -0.15) is 0 Å². The SMILES string of the molecule is Cc1cc(C)cc(N(CC(=O)N(Cc2ccc(Cl)cc2Cl)[C@H](Cc2ccccc2)C(=O)NC(C)(C)C)S(C)(=O)=O)c1. The fourth-order valence-electron chi connectivity index (χ4n) is 4.55. The molecule has 10 heteroatoms. The van der Waals surface area contributed by atoms with Crippen LogP contribution < -0.4 is 9.62 Å². The van der Waals surface area contributed by atoms with E-state index in [0.717, 1.165) is 27.3 Å². The van der Waals surface area contributed by atoms with Crippen molar-refractivity contribution in [3.8, 4) is 0 Å². The molecule has 2 amide bonds. The number of halogens is 2. The summed E-state index contributed by atoms with van der Waals surface area (Å²) in [4.78, 5) is 29.4. The lowest BCUT2D eigenvalue weighted by Gasteiger charge is -2.35. The summed E-state index contributed by atoms with van der Waals surface area (Å²) < 4.78 is 27.0. The van der Waals surface area contributed by atoms with Crippen LogP contribution in [-0.4, -0.2) is 49.5 Å². The third-order valence-corrected chi connectivity index (χ3v) is 8.03. The summed E-state index contributed by atoms with van der Waals surface area (Å²) in [6.07, 6.45) is 1.27. The fourth-order valence-corrected chi connectivity index (χ4v) is 5.85. The van der Waals surface area contributed by atoms with Crippen LogP contribution in [0.1, 0.15) is 43.0 Å². The molecule has 0 saturated heterocycles. The highest BCUT2D eigenvalue weighted by Crippen LogP contribution is 2.26. The van der Waals surface area contributed by atoms with Gasteiger partial charge in [-0.05, 0) is 81.1 Å². The average Bonchev–Trinajstić information content (AvgIpc) is 2.84. The van der Waals surface area contributed by atoms with Gasteiger partial charge in [0.15, 0.2) is 0 Å². The molecule has 0 heterocycles. The minimum atomic E-state index is -3.86. The normalized spacial score (nSPS) is 12.5. The molecule has 0 aliphatic heterocycles. The Hall–Kier alpha value is -3.07. The van der Waals surface area contributed by atoms with Gasteiger partial charge in [0.1, 0.15) is 12.6 Å². The Morgan fingerprint density at radius 2 is 1.54 bits per heavy atom. The highest BCUT2D eigenvalue weighted by atomic mass is 35.5. The molecule has 0 aromatic heterocycles. The quantitative estimate of drug-likeness (QED) is 0.305. The van der Waals surface area contributed by atoms with Crippen molar-refractivity contribution in [3.63, 3.8) is 0 Å². The number of nitrogens with one attached hydrogen (secondary N) is 1. The molecular formula is C31H37Cl2N3O4S. The molecule has 3 rings (SSSR count). The summed E-state index contributed by atoms with van der Waals surface area (Å²) in [5.74, 6) is -0.914. The van der Waals surface area contributed by atoms with E-state index < -0.39 is 34.1 Å². The Morgan fingerprint density at radius 3 is 2.07 bits per heavy atom. The standard InChI is InChI=1S/C31H37Cl2N3O4S/c1-21-14-22(2)16-26(15-21)36(41(6,39)40)20-29(37)35(19-24-12-13-25(32)18-27(24)33)28(30(38)34-31(3,4)5)17-23-10-8-7-9-11-23/h7-16,18,28H,17,19-20H2,1-6H3,(H,34,38)/t28-/m1/s1. The second-order valence-corrected chi connectivity index (χ2v) is 14.1. The molecular weight excluding hydrogens is 581 g/mol. The van der Waals surface area contributed by atoms with Gasteiger partial charge >= 0.3 is 0 Å². The maximum atomic E-state index is 14.2. The van der Waals surface area contributed by atoms with E-state index in [1.165, 1.54) is 4.90 Å². The molecule has 1 N–H and O–H groups in total. The van der Waals surface area contributed by atoms with E-state index in [1.807, 2.05) is 71.0 Å². The maximum Gasteiger partial charge on any atom is 0.244 e. The van der Waals surface area contributed by atoms with Gasteiger partial charge in [-0.15, -0.1) is 0 Å². The molecule has 0 radical (unpaired) electrons. The topological polar surface area (TPSA) is 86.8 Å². The smallest absolute Gasteiger partial charge is 0.244 e. The van der Waals surface area contributed by atoms with Gasteiger partial charge in [0.2, 0.25) is 21.8 Å². The highest BCUT2D eigenvalue weighted by Gasteiger charge is 2.34. The number of benzene rings is 3. The Balaban J connectivity index is 2.12. The van der Waals surface area contributed by atoms with Crippen LogP contribution in [0.4, 0.5) is 5.69 Å². The van der Waals surface area contributed by atoms with Gasteiger partial charge in [0, 0.05) is 28.5 Å². The van der Waals surface area contributed by atoms with Gasteiger partial charge in [-0.3, -0.25) is 13.9 Å². The average molecular weight is 619 g/mol. The van der Waals surface area contributed by atoms with Crippen LogP contribution >= 0.6 is 23.2 Å². The van der Waals surface area contributed by atoms with E-state index in [2.05, 4.69) is 5.32 Å². The number of sulfonamides is 1. The van der Waals surface area contributed by atoms with Gasteiger partial charge in [0.05, 0.1) is 11.9 Å². The monoisotopic (exact) mass is 617 g/mol. The number of aryl methyl sites for hydroxylation is 2. The summed E-state index contributed by atoms with van der Waals surface area (Å²) in [5, 5.41) is 3.76. The lowest BCUT2D eigenvalue weighted by molar-refractivity contribution is -0.140. The first-order valence-electron chi connectivity index (χ1n) is 13.2. The van der Waals surface area contributed by atoms with E-state index >= 15 is 0 Å². The first-order chi connectivity index (χ1) is 19.0. The first kappa shape index (κ1) is 32.4. The molecule has 0 saturated carbocycles. The van der Waals surface area contributed by atoms with Crippen LogP contribution in [0.25, 0.3) is 0 Å². The van der Waals surface area contributed by atoms with Gasteiger partial charge in [0.25, 0.3) is 0 Å². The largest absolute Gasteiger partial charge is 0.350 e. The number of nitrogens with zero attached hydrogens (tertiary/aromatic N) is 2. The maximum absolute atomic E-state index is 14.2. The molecule has 0 unspecified atom stereocenters. The third-order valence-electron chi connectivity index (χ3n) is 6.30. The van der Waals surface area contributed by atoms with E-state index in [4.69, 9.17) is 23.2 Å². The number of anilines is 1. The zero-order valence-corrected chi connectivity index (χ0v) is 26.6. The summed E-state index contributed by atoms with van der Waals surface area (Å²) in [6.45, 7) is 8.77. The second-order valence-electron chi connectivity index (χ2n) is 11.3. The molecule has 0 aliphatic carbocycles. The summed E-state index contributed by atoms with van der Waals surface area (Å²) in [5.41, 5.74) is 2.94. The lowest BCUT2D eigenvalue weighted by Crippen LogP contribution is -2.56. The van der Waals surface area contributed by atoms with Crippen LogP contribution in [0.15, 0.2) is 66.7 Å². The zero-order chi connectivity index (χ0) is 30.5. The number of rotatable bonds is 10. The summed E-state index contributed by atoms with van der Waals surface area (Å²) in [7, 11) is -3.86. The number of hydrogen-bond acceptors (Lipinski definition) is 4. The Kier molecular flexibility index (Phi) is 10.5. The molecule has 7 nitrogen and oxygen atoms in total. The molecule has 1 atom stereocenters. The lowest BCUT2D eigenvalue weighted by atomic mass is 10.0. The molecule has 3 aromatic rings. The third kappa shape index (κ3) is 9.48. The minimum absolute atomic E-state index is 0.0334. The molecule has 3 aromatic carbocycles. The highest BCUT2D eigenvalue weighted by molar-refractivity contribution is 7.92. The summed E-state index contributed by atoms with van der Waals surface area (Å²) in [6, 6.07) is 18.7. The van der Waals surface area contributed by atoms with Crippen LogP contribution in [0.3, 0.4) is 0 Å². The van der Waals surface area contributed by atoms with Crippen molar-refractivity contribution in [3.05, 3.63) is 99.0 Å².